The molecule has 0 spiro atoms. The summed E-state index contributed by atoms with van der Waals surface area (Å²) < 4.78 is 21.8. The molecule has 0 radical (unpaired) electrons. The number of nitrogens with one attached hydrogen (secondary N) is 7. The van der Waals surface area contributed by atoms with E-state index in [1.54, 1.807) is 31.2 Å². The molecule has 148 heavy (non-hydrogen) atoms. The van der Waals surface area contributed by atoms with Crippen LogP contribution < -0.4 is 37.2 Å². The number of phenols is 3. The highest BCUT2D eigenvalue weighted by Crippen LogP contribution is 2.36. The molecule has 10 N–H and O–H groups in total. The smallest absolute Gasteiger partial charge is 0.324 e. The Balaban J connectivity index is 1.05. The zero-order valence-corrected chi connectivity index (χ0v) is 81.8. The Labute approximate surface area is 872 Å². The van der Waals surface area contributed by atoms with Gasteiger partial charge in [0.05, 0.1) is 25.7 Å². The lowest BCUT2D eigenvalue weighted by Gasteiger charge is -2.34. The molecule has 716 valence electrons. The lowest BCUT2D eigenvalue weighted by molar-refractivity contribution is -0.141. The minimum atomic E-state index is -0.675. The molecule has 9 rings (SSSR count). The van der Waals surface area contributed by atoms with Crippen molar-refractivity contribution in [1.82, 2.24) is 37.2 Å². The highest BCUT2D eigenvalue weighted by atomic mass is 16.5. The summed E-state index contributed by atoms with van der Waals surface area (Å²) in [5.41, 5.74) is 8.92. The number of carbonyl (C=O) groups is 4. The maximum absolute atomic E-state index is 13.9. The zero-order chi connectivity index (χ0) is 105. The molecule has 1 heterocycles. The molecule has 4 fully saturated rings. The van der Waals surface area contributed by atoms with Crippen LogP contribution in [-0.2, 0) is 116 Å². The molecular formula is C130H95N7O11. The predicted octanol–water partition coefficient (Wildman–Crippen LogP) is 8.51. The normalized spacial score (nSPS) is 16.3. The van der Waals surface area contributed by atoms with Crippen LogP contribution in [0.15, 0.2) is 48.5 Å². The van der Waals surface area contributed by atoms with Gasteiger partial charge in [0.1, 0.15) is 35.6 Å². The molecule has 0 aromatic heterocycles. The van der Waals surface area contributed by atoms with Crippen LogP contribution in [0.1, 0.15) is 188 Å². The van der Waals surface area contributed by atoms with Crippen molar-refractivity contribution < 1.29 is 53.4 Å². The van der Waals surface area contributed by atoms with Crippen LogP contribution in [0.4, 0.5) is 0 Å². The average Bonchev–Trinajstić information content (AvgIpc) is 0.822. The van der Waals surface area contributed by atoms with Crippen molar-refractivity contribution in [1.29, 1.82) is 0 Å². The standard InChI is InChI=1S/C130H95N7O11/c1-6-10-14-18-22-26-30-34-38-42-46-50-54-66-80-145-124(138)92-104-84-109-79-78-108-70-58-59-71-117(108)131-96-110-85-105(93-125(139)146-81-67-55-51-47-43-39-35-31-27-23-19-15-11-7-2)86-111(103(110)5)97-132-118-72-60-61-73-119(118)134-99-113-88-106(94-126(140)147-82-68-56-52-48-44-40-36-32-28-24-20-16-12-8-3)89-115(129(113)143)101-136-122-76-64-65-77-123(122)137-102-116-91-107(95-127(141)148-83-69-57-53-49-45-41-37-33-29-25-21-17-13-9-4)90-114(130(116)144)100-135-121-75-63-62-74-120(121)133-98-112(87-104)128(109)142/h1,3-4,84-91,108,117-123,131-137,142-144H,58-65,70-79,81,92-102H2,2,5H3. The second kappa shape index (κ2) is 68.4. The van der Waals surface area contributed by atoms with Gasteiger partial charge in [0.2, 0.25) is 0 Å². The van der Waals surface area contributed by atoms with Crippen LogP contribution in [-0.4, -0.2) is 88.1 Å². The van der Waals surface area contributed by atoms with Crippen LogP contribution >= 0.6 is 0 Å². The summed E-state index contributed by atoms with van der Waals surface area (Å²) >= 11 is 0. The Morgan fingerprint density at radius 1 is 0.270 bits per heavy atom. The molecule has 8 bridgehead atoms. The third kappa shape index (κ3) is 44.0. The largest absolute Gasteiger partial charge is 0.507 e. The van der Waals surface area contributed by atoms with E-state index in [0.29, 0.717) is 76.0 Å². The Morgan fingerprint density at radius 2 is 0.486 bits per heavy atom. The van der Waals surface area contributed by atoms with E-state index in [2.05, 4.69) is 406 Å². The summed E-state index contributed by atoms with van der Waals surface area (Å²) in [5, 5.41) is 64.5. The van der Waals surface area contributed by atoms with Gasteiger partial charge in [-0.25, -0.2) is 0 Å². The van der Waals surface area contributed by atoms with Gasteiger partial charge in [-0.2, -0.15) is 0 Å². The molecule has 4 aliphatic carbocycles. The van der Waals surface area contributed by atoms with E-state index >= 15 is 0 Å². The molecule has 5 aliphatic rings. The minimum Gasteiger partial charge on any atom is -0.507 e. The second-order valence-corrected chi connectivity index (χ2v) is 33.0. The first-order chi connectivity index (χ1) is 72.7. The van der Waals surface area contributed by atoms with Gasteiger partial charge in [-0.1, -0.05) is 106 Å². The van der Waals surface area contributed by atoms with Crippen molar-refractivity contribution >= 4 is 23.9 Å². The van der Waals surface area contributed by atoms with Crippen LogP contribution in [0.5, 0.6) is 17.2 Å². The predicted molar refractivity (Wildman–Crippen MR) is 570 cm³/mol. The summed E-state index contributed by atoms with van der Waals surface area (Å²) in [6.45, 7) is 5.52. The third-order valence-electron chi connectivity index (χ3n) is 23.3. The van der Waals surface area contributed by atoms with Crippen molar-refractivity contribution in [2.45, 2.75) is 243 Å². The molecule has 1 aliphatic heterocycles. The molecule has 4 aromatic rings. The minimum absolute atomic E-state index is 0.0278. The lowest BCUT2D eigenvalue weighted by Crippen LogP contribution is -2.49. The summed E-state index contributed by atoms with van der Waals surface area (Å²) in [6, 6.07) is 14.3. The highest BCUT2D eigenvalue weighted by molar-refractivity contribution is 5.76. The molecule has 4 saturated carbocycles. The fourth-order valence-corrected chi connectivity index (χ4v) is 16.6. The molecule has 4 aromatic carbocycles. The van der Waals surface area contributed by atoms with Crippen molar-refractivity contribution in [3.63, 3.8) is 0 Å². The molecule has 18 nitrogen and oxygen atoms in total. The summed E-state index contributed by atoms with van der Waals surface area (Å²) in [5.74, 6) is 139. The van der Waals surface area contributed by atoms with E-state index in [1.807, 2.05) is 12.1 Å². The molecule has 0 amide bonds. The number of carbonyl (C=O) groups excluding carboxylic acids is 4. The van der Waals surface area contributed by atoms with E-state index in [4.69, 9.17) is 38.2 Å². The first-order valence-corrected chi connectivity index (χ1v) is 47.5. The Kier molecular flexibility index (Phi) is 51.7. The van der Waals surface area contributed by atoms with Crippen LogP contribution in [0.25, 0.3) is 0 Å². The van der Waals surface area contributed by atoms with Gasteiger partial charge in [-0.15, -0.1) is 19.3 Å². The zero-order valence-electron chi connectivity index (χ0n) is 81.8. The third-order valence-corrected chi connectivity index (χ3v) is 23.3. The number of aryl methyl sites for hydroxylation is 1. The Hall–Kier alpha value is -19.8. The Bertz CT molecular complexity index is 7590. The molecule has 8 atom stereocenters. The number of fused-ring (bicyclic) bond motifs is 12. The number of benzene rings is 4. The maximum atomic E-state index is 13.9. The number of hydrogen-bond acceptors (Lipinski definition) is 18. The van der Waals surface area contributed by atoms with E-state index < -0.39 is 23.9 Å². The number of rotatable bonds is 9. The van der Waals surface area contributed by atoms with E-state index in [9.17, 15) is 34.5 Å². The number of aromatic hydroxyl groups is 3. The number of esters is 4. The van der Waals surface area contributed by atoms with Gasteiger partial charge in [0.25, 0.3) is 0 Å². The van der Waals surface area contributed by atoms with E-state index in [1.165, 1.54) is 0 Å². The van der Waals surface area contributed by atoms with Crippen molar-refractivity contribution in [2.24, 2.45) is 5.92 Å². The van der Waals surface area contributed by atoms with Crippen LogP contribution in [0, 0.1) is 382 Å². The first kappa shape index (κ1) is 112. The van der Waals surface area contributed by atoms with E-state index in [-0.39, 0.29) is 130 Å². The number of ether oxygens (including phenoxy) is 4. The monoisotopic (exact) mass is 1930 g/mol. The van der Waals surface area contributed by atoms with Crippen molar-refractivity contribution in [2.75, 3.05) is 6.61 Å². The summed E-state index contributed by atoms with van der Waals surface area (Å²) in [6.07, 6.45) is 36.9. The number of terminal acetylenes is 3. The van der Waals surface area contributed by atoms with Crippen LogP contribution in [0.2, 0.25) is 0 Å². The van der Waals surface area contributed by atoms with Crippen molar-refractivity contribution in [3.05, 3.63) is 121 Å². The van der Waals surface area contributed by atoms with Gasteiger partial charge in [-0.3, -0.25) is 19.2 Å². The molecule has 8 unspecified atom stereocenters. The van der Waals surface area contributed by atoms with E-state index in [0.717, 1.165) is 125 Å². The number of hydrogen-bond donors (Lipinski definition) is 10. The fraction of sp³-hybridized carbons (Fsp3) is 0.308. The summed E-state index contributed by atoms with van der Waals surface area (Å²) in [7, 11) is 0. The average molecular weight is 1930 g/mol. The van der Waals surface area contributed by atoms with Crippen LogP contribution in [0.3, 0.4) is 0 Å². The number of phenolic OH excluding ortho intramolecular Hbond substituents is 3. The second-order valence-electron chi connectivity index (χ2n) is 33.0. The molecule has 18 heteroatoms. The van der Waals surface area contributed by atoms with Gasteiger partial charge >= 0.3 is 23.9 Å². The molecular weight excluding hydrogens is 1840 g/mol. The van der Waals surface area contributed by atoms with Gasteiger partial charge < -0.3 is 71.5 Å². The van der Waals surface area contributed by atoms with Gasteiger partial charge in [0.15, 0.2) is 6.61 Å². The Morgan fingerprint density at radius 3 is 0.770 bits per heavy atom. The van der Waals surface area contributed by atoms with Gasteiger partial charge in [0, 0.05) is 240 Å². The topological polar surface area (TPSA) is 250 Å². The maximum Gasteiger partial charge on any atom is 0.324 e. The van der Waals surface area contributed by atoms with Gasteiger partial charge in [-0.05, 0) is 330 Å². The molecule has 0 saturated heterocycles. The quantitative estimate of drug-likeness (QED) is 0.0428. The fourth-order valence-electron chi connectivity index (χ4n) is 16.6. The summed E-state index contributed by atoms with van der Waals surface area (Å²) in [4.78, 5) is 55.2. The highest BCUT2D eigenvalue weighted by Gasteiger charge is 2.32. The first-order valence-electron chi connectivity index (χ1n) is 47.5. The lowest BCUT2D eigenvalue weighted by atomic mass is 9.80. The van der Waals surface area contributed by atoms with Crippen molar-refractivity contribution in [3.8, 4) is 386 Å². The SMILES string of the molecule is C#CC#CC#CC#CC#CC#CC#CC#COC(=O)Cc1cc2c(O)c(c1)CNC1CCCCC1NCc1cc(CC(=O)OC#CC#CC#CC#CC#CC#CC#CC#C)cc(c1O)CNC1CCCCC1NCc1cc(CC(=O)OC#CC#CC#CC#CC#CC#CC#CC#C)cc(c1O)CNC1CCCCC1NCc1cc(CC(=O)OCC#CC#CC#CC#CC#CC#CC#CC)cc(c1C)CNC1CCCCC1CC2.